The van der Waals surface area contributed by atoms with Gasteiger partial charge in [-0.1, -0.05) is 102 Å². The average Bonchev–Trinajstić information content (AvgIpc) is 2.94. The third kappa shape index (κ3) is 8.41. The Hall–Kier alpha value is -3.17. The zero-order chi connectivity index (χ0) is 28.5. The molecule has 1 aliphatic rings. The topological polar surface area (TPSA) is 86.8 Å². The Kier molecular flexibility index (Phi) is 10.4. The van der Waals surface area contributed by atoms with E-state index in [1.165, 1.54) is 4.90 Å². The van der Waals surface area contributed by atoms with E-state index in [1.807, 2.05) is 60.7 Å². The molecule has 212 valence electrons. The van der Waals surface area contributed by atoms with Crippen molar-refractivity contribution in [3.8, 4) is 0 Å². The van der Waals surface area contributed by atoms with Crippen LogP contribution in [0.25, 0.3) is 0 Å². The first-order valence-corrected chi connectivity index (χ1v) is 16.3. The molecule has 1 aliphatic carbocycles. The molecular weight excluding hydrogens is 590 g/mol. The van der Waals surface area contributed by atoms with E-state index in [4.69, 9.17) is 0 Å². The number of hydrogen-bond acceptors (Lipinski definition) is 4. The van der Waals surface area contributed by atoms with Gasteiger partial charge in [0.05, 0.1) is 11.9 Å². The Labute approximate surface area is 245 Å². The number of rotatable bonds is 11. The Balaban J connectivity index is 1.70. The van der Waals surface area contributed by atoms with Gasteiger partial charge in [0, 0.05) is 23.5 Å². The standard InChI is InChI=1S/C31H36BrN3O4S/c1-40(38,39)35(28-19-11-16-26(32)21-28)23-30(36)34(22-25-14-7-3-8-15-25)29(20-24-12-5-2-6-13-24)31(37)33-27-17-9-4-10-18-27/h2-3,5-8,11-16,19,21,27,29H,4,9-10,17-18,20,22-23H2,1H3,(H,33,37)/t29-/m1/s1. The van der Waals surface area contributed by atoms with Crippen molar-refractivity contribution in [2.24, 2.45) is 0 Å². The molecule has 0 spiro atoms. The van der Waals surface area contributed by atoms with Crippen LogP contribution in [0.4, 0.5) is 5.69 Å². The minimum Gasteiger partial charge on any atom is -0.352 e. The van der Waals surface area contributed by atoms with Crippen molar-refractivity contribution in [3.63, 3.8) is 0 Å². The number of nitrogens with zero attached hydrogens (tertiary/aromatic N) is 2. The van der Waals surface area contributed by atoms with Gasteiger partial charge < -0.3 is 10.2 Å². The molecule has 0 unspecified atom stereocenters. The van der Waals surface area contributed by atoms with Crippen LogP contribution in [0.2, 0.25) is 0 Å². The number of carbonyl (C=O) groups excluding carboxylic acids is 2. The first-order chi connectivity index (χ1) is 19.2. The molecule has 0 radical (unpaired) electrons. The number of nitrogens with one attached hydrogen (secondary N) is 1. The Bertz CT molecular complexity index is 1380. The summed E-state index contributed by atoms with van der Waals surface area (Å²) >= 11 is 3.39. The van der Waals surface area contributed by atoms with Crippen LogP contribution in [0.3, 0.4) is 0 Å². The molecule has 1 N–H and O–H groups in total. The van der Waals surface area contributed by atoms with E-state index in [1.54, 1.807) is 24.3 Å². The molecule has 1 saturated carbocycles. The van der Waals surface area contributed by atoms with Gasteiger partial charge in [0.2, 0.25) is 21.8 Å². The third-order valence-electron chi connectivity index (χ3n) is 7.19. The number of amides is 2. The zero-order valence-corrected chi connectivity index (χ0v) is 25.1. The van der Waals surface area contributed by atoms with Gasteiger partial charge in [0.1, 0.15) is 12.6 Å². The third-order valence-corrected chi connectivity index (χ3v) is 8.83. The summed E-state index contributed by atoms with van der Waals surface area (Å²) in [7, 11) is -3.80. The molecule has 40 heavy (non-hydrogen) atoms. The smallest absolute Gasteiger partial charge is 0.244 e. The van der Waals surface area contributed by atoms with Crippen LogP contribution in [0, 0.1) is 0 Å². The van der Waals surface area contributed by atoms with Crippen molar-refractivity contribution in [1.82, 2.24) is 10.2 Å². The molecule has 3 aromatic carbocycles. The van der Waals surface area contributed by atoms with E-state index < -0.39 is 28.5 Å². The molecule has 4 rings (SSSR count). The van der Waals surface area contributed by atoms with Crippen molar-refractivity contribution in [3.05, 3.63) is 101 Å². The van der Waals surface area contributed by atoms with Crippen molar-refractivity contribution in [2.45, 2.75) is 57.2 Å². The summed E-state index contributed by atoms with van der Waals surface area (Å²) in [4.78, 5) is 29.6. The monoisotopic (exact) mass is 625 g/mol. The molecule has 1 fully saturated rings. The van der Waals surface area contributed by atoms with E-state index in [-0.39, 0.29) is 18.5 Å². The first-order valence-electron chi connectivity index (χ1n) is 13.6. The van der Waals surface area contributed by atoms with E-state index in [0.29, 0.717) is 16.6 Å². The quantitative estimate of drug-likeness (QED) is 0.313. The van der Waals surface area contributed by atoms with Crippen LogP contribution in [0.1, 0.15) is 43.2 Å². The van der Waals surface area contributed by atoms with Crippen LogP contribution < -0.4 is 9.62 Å². The fourth-order valence-corrected chi connectivity index (χ4v) is 6.35. The van der Waals surface area contributed by atoms with Crippen LogP contribution in [-0.2, 0) is 32.6 Å². The van der Waals surface area contributed by atoms with Crippen LogP contribution in [0.15, 0.2) is 89.4 Å². The lowest BCUT2D eigenvalue weighted by Crippen LogP contribution is -2.55. The molecule has 2 amide bonds. The number of carbonyl (C=O) groups is 2. The highest BCUT2D eigenvalue weighted by atomic mass is 79.9. The molecule has 0 saturated heterocycles. The summed E-state index contributed by atoms with van der Waals surface area (Å²) in [5.74, 6) is -0.664. The van der Waals surface area contributed by atoms with Gasteiger partial charge in [-0.05, 0) is 42.2 Å². The normalized spacial score (nSPS) is 14.8. The summed E-state index contributed by atoms with van der Waals surface area (Å²) in [5.41, 5.74) is 2.15. The predicted molar refractivity (Wildman–Crippen MR) is 162 cm³/mol. The lowest BCUT2D eigenvalue weighted by atomic mass is 9.94. The molecule has 0 heterocycles. The SMILES string of the molecule is CS(=O)(=O)N(CC(=O)N(Cc1ccccc1)[C@H](Cc1ccccc1)C(=O)NC1CCCCC1)c1cccc(Br)c1. The fourth-order valence-electron chi connectivity index (χ4n) is 5.12. The second-order valence-corrected chi connectivity index (χ2v) is 13.1. The molecule has 9 heteroatoms. The highest BCUT2D eigenvalue weighted by Gasteiger charge is 2.34. The van der Waals surface area contributed by atoms with Crippen LogP contribution >= 0.6 is 15.9 Å². The zero-order valence-electron chi connectivity index (χ0n) is 22.7. The molecule has 1 atom stereocenters. The van der Waals surface area contributed by atoms with Gasteiger partial charge in [-0.2, -0.15) is 0 Å². The summed E-state index contributed by atoms with van der Waals surface area (Å²) in [5, 5.41) is 3.21. The number of sulfonamides is 1. The lowest BCUT2D eigenvalue weighted by Gasteiger charge is -2.35. The molecule has 0 aliphatic heterocycles. The summed E-state index contributed by atoms with van der Waals surface area (Å²) < 4.78 is 27.5. The summed E-state index contributed by atoms with van der Waals surface area (Å²) in [6.07, 6.45) is 6.53. The Morgan fingerprint density at radius 1 is 0.900 bits per heavy atom. The maximum absolute atomic E-state index is 14.1. The van der Waals surface area contributed by atoms with Crippen molar-refractivity contribution in [2.75, 3.05) is 17.1 Å². The van der Waals surface area contributed by atoms with Gasteiger partial charge in [0.25, 0.3) is 0 Å². The second-order valence-electron chi connectivity index (χ2n) is 10.3. The number of halogens is 1. The van der Waals surface area contributed by atoms with E-state index in [9.17, 15) is 18.0 Å². The highest BCUT2D eigenvalue weighted by molar-refractivity contribution is 9.10. The Morgan fingerprint density at radius 2 is 1.52 bits per heavy atom. The molecule has 0 aromatic heterocycles. The van der Waals surface area contributed by atoms with Crippen LogP contribution in [-0.4, -0.2) is 50.0 Å². The van der Waals surface area contributed by atoms with Crippen molar-refractivity contribution in [1.29, 1.82) is 0 Å². The number of hydrogen-bond donors (Lipinski definition) is 1. The molecule has 3 aromatic rings. The molecular formula is C31H36BrN3O4S. The lowest BCUT2D eigenvalue weighted by molar-refractivity contribution is -0.140. The minimum atomic E-state index is -3.80. The molecule has 0 bridgehead atoms. The van der Waals surface area contributed by atoms with E-state index in [0.717, 1.165) is 53.8 Å². The Morgan fingerprint density at radius 3 is 2.12 bits per heavy atom. The van der Waals surface area contributed by atoms with Gasteiger partial charge in [-0.15, -0.1) is 0 Å². The van der Waals surface area contributed by atoms with Gasteiger partial charge in [-0.3, -0.25) is 13.9 Å². The average molecular weight is 627 g/mol. The predicted octanol–water partition coefficient (Wildman–Crippen LogP) is 5.30. The first kappa shape index (κ1) is 29.8. The summed E-state index contributed by atoms with van der Waals surface area (Å²) in [6.45, 7) is -0.254. The maximum atomic E-state index is 14.1. The van der Waals surface area contributed by atoms with Crippen LogP contribution in [0.5, 0.6) is 0 Å². The number of benzene rings is 3. The molecule has 7 nitrogen and oxygen atoms in total. The minimum absolute atomic E-state index is 0.0717. The van der Waals surface area contributed by atoms with Crippen molar-refractivity contribution >= 4 is 43.5 Å². The van der Waals surface area contributed by atoms with E-state index >= 15 is 0 Å². The van der Waals surface area contributed by atoms with Crippen molar-refractivity contribution < 1.29 is 18.0 Å². The number of anilines is 1. The van der Waals surface area contributed by atoms with Gasteiger partial charge >= 0.3 is 0 Å². The van der Waals surface area contributed by atoms with Gasteiger partial charge in [-0.25, -0.2) is 8.42 Å². The largest absolute Gasteiger partial charge is 0.352 e. The van der Waals surface area contributed by atoms with E-state index in [2.05, 4.69) is 21.2 Å². The maximum Gasteiger partial charge on any atom is 0.244 e. The highest BCUT2D eigenvalue weighted by Crippen LogP contribution is 2.24. The fraction of sp³-hybridized carbons (Fsp3) is 0.355. The summed E-state index contributed by atoms with van der Waals surface area (Å²) in [6, 6.07) is 25.2. The second kappa shape index (κ2) is 13.9. The van der Waals surface area contributed by atoms with Gasteiger partial charge in [0.15, 0.2) is 0 Å².